The highest BCUT2D eigenvalue weighted by Crippen LogP contribution is 2.11. The van der Waals surface area contributed by atoms with Crippen LogP contribution in [0.5, 0.6) is 0 Å². The second kappa shape index (κ2) is 7.16. The molecular weight excluding hydrogens is 228 g/mol. The van der Waals surface area contributed by atoms with Gasteiger partial charge in [0.25, 0.3) is 5.91 Å². The van der Waals surface area contributed by atoms with Crippen molar-refractivity contribution in [3.8, 4) is 0 Å². The van der Waals surface area contributed by atoms with Crippen LogP contribution >= 0.6 is 0 Å². The molecule has 0 saturated heterocycles. The van der Waals surface area contributed by atoms with Gasteiger partial charge in [-0.15, -0.1) is 0 Å². The average molecular weight is 252 g/mol. The van der Waals surface area contributed by atoms with Crippen molar-refractivity contribution in [1.29, 1.82) is 0 Å². The zero-order valence-electron chi connectivity index (χ0n) is 11.6. The number of hydrogen-bond acceptors (Lipinski definition) is 3. The van der Waals surface area contributed by atoms with Crippen molar-refractivity contribution >= 4 is 5.91 Å². The van der Waals surface area contributed by atoms with Gasteiger partial charge < -0.3 is 10.6 Å². The molecule has 0 aliphatic rings. The lowest BCUT2D eigenvalue weighted by Gasteiger charge is -2.21. The predicted molar refractivity (Wildman–Crippen MR) is 72.5 cm³/mol. The summed E-state index contributed by atoms with van der Waals surface area (Å²) in [6.07, 6.45) is 4.65. The van der Waals surface area contributed by atoms with Crippen molar-refractivity contribution in [2.45, 2.75) is 33.1 Å². The molecule has 1 heterocycles. The third-order valence-electron chi connectivity index (χ3n) is 2.94. The molecule has 1 aromatic heterocycles. The van der Waals surface area contributed by atoms with E-state index < -0.39 is 0 Å². The normalized spacial score (nSPS) is 10.7. The molecule has 0 bridgehead atoms. The molecule has 5 heteroatoms. The number of aryl methyl sites for hydroxylation is 2. The number of aromatic nitrogens is 2. The van der Waals surface area contributed by atoms with E-state index in [1.807, 2.05) is 18.9 Å². The molecule has 0 fully saturated rings. The van der Waals surface area contributed by atoms with Crippen molar-refractivity contribution in [2.75, 3.05) is 19.6 Å². The SMILES string of the molecule is CCCCN(CCN)C(=O)c1cn(C)nc1CC. The molecule has 102 valence electrons. The summed E-state index contributed by atoms with van der Waals surface area (Å²) in [4.78, 5) is 14.3. The summed E-state index contributed by atoms with van der Waals surface area (Å²) in [7, 11) is 1.84. The third kappa shape index (κ3) is 3.57. The fraction of sp³-hybridized carbons (Fsp3) is 0.692. The van der Waals surface area contributed by atoms with Gasteiger partial charge in [-0.3, -0.25) is 9.48 Å². The summed E-state index contributed by atoms with van der Waals surface area (Å²) >= 11 is 0. The summed E-state index contributed by atoms with van der Waals surface area (Å²) in [5.74, 6) is 0.0545. The van der Waals surface area contributed by atoms with Crippen LogP contribution in [0.4, 0.5) is 0 Å². The van der Waals surface area contributed by atoms with E-state index in [-0.39, 0.29) is 5.91 Å². The standard InChI is InChI=1S/C13H24N4O/c1-4-6-8-17(9-7-14)13(18)11-10-16(3)15-12(11)5-2/h10H,4-9,14H2,1-3H3. The molecule has 0 radical (unpaired) electrons. The summed E-state index contributed by atoms with van der Waals surface area (Å²) < 4.78 is 1.70. The summed E-state index contributed by atoms with van der Waals surface area (Å²) in [5.41, 5.74) is 7.15. The van der Waals surface area contributed by atoms with Crippen LogP contribution in [0.25, 0.3) is 0 Å². The van der Waals surface area contributed by atoms with Crippen LogP contribution in [0.15, 0.2) is 6.20 Å². The number of nitrogens with zero attached hydrogens (tertiary/aromatic N) is 3. The lowest BCUT2D eigenvalue weighted by atomic mass is 10.1. The first-order valence-corrected chi connectivity index (χ1v) is 6.65. The minimum atomic E-state index is 0.0545. The Morgan fingerprint density at radius 3 is 2.72 bits per heavy atom. The van der Waals surface area contributed by atoms with Gasteiger partial charge in [-0.05, 0) is 12.8 Å². The molecule has 0 atom stereocenters. The first-order valence-electron chi connectivity index (χ1n) is 6.65. The van der Waals surface area contributed by atoms with Crippen LogP contribution in [0.1, 0.15) is 42.7 Å². The van der Waals surface area contributed by atoms with E-state index >= 15 is 0 Å². The summed E-state index contributed by atoms with van der Waals surface area (Å²) in [5, 5.41) is 4.31. The molecule has 0 saturated carbocycles. The van der Waals surface area contributed by atoms with Gasteiger partial charge in [0, 0.05) is 32.9 Å². The van der Waals surface area contributed by atoms with Gasteiger partial charge in [-0.25, -0.2) is 0 Å². The number of nitrogens with two attached hydrogens (primary N) is 1. The number of unbranched alkanes of at least 4 members (excludes halogenated alkanes) is 1. The van der Waals surface area contributed by atoms with Gasteiger partial charge >= 0.3 is 0 Å². The molecular formula is C13H24N4O. The maximum atomic E-state index is 12.5. The van der Waals surface area contributed by atoms with Gasteiger partial charge in [0.1, 0.15) is 0 Å². The number of carbonyl (C=O) groups excluding carboxylic acids is 1. The lowest BCUT2D eigenvalue weighted by Crippen LogP contribution is -2.36. The molecule has 0 aromatic carbocycles. The van der Waals surface area contributed by atoms with E-state index in [2.05, 4.69) is 12.0 Å². The third-order valence-corrected chi connectivity index (χ3v) is 2.94. The first-order chi connectivity index (χ1) is 8.63. The quantitative estimate of drug-likeness (QED) is 0.792. The minimum Gasteiger partial charge on any atom is -0.337 e. The second-order valence-corrected chi connectivity index (χ2v) is 4.45. The van der Waals surface area contributed by atoms with E-state index in [1.54, 1.807) is 10.9 Å². The van der Waals surface area contributed by atoms with Crippen LogP contribution in [0.3, 0.4) is 0 Å². The van der Waals surface area contributed by atoms with Crippen molar-refractivity contribution in [3.05, 3.63) is 17.5 Å². The number of amides is 1. The number of carbonyl (C=O) groups is 1. The Balaban J connectivity index is 2.86. The zero-order chi connectivity index (χ0) is 13.5. The Kier molecular flexibility index (Phi) is 5.85. The average Bonchev–Trinajstić information content (AvgIpc) is 2.75. The van der Waals surface area contributed by atoms with E-state index in [4.69, 9.17) is 5.73 Å². The highest BCUT2D eigenvalue weighted by Gasteiger charge is 2.19. The second-order valence-electron chi connectivity index (χ2n) is 4.45. The van der Waals surface area contributed by atoms with Crippen LogP contribution in [-0.4, -0.2) is 40.2 Å². The highest BCUT2D eigenvalue weighted by molar-refractivity contribution is 5.95. The molecule has 1 rings (SSSR count). The fourth-order valence-corrected chi connectivity index (χ4v) is 1.96. The highest BCUT2D eigenvalue weighted by atomic mass is 16.2. The van der Waals surface area contributed by atoms with E-state index in [1.165, 1.54) is 0 Å². The monoisotopic (exact) mass is 252 g/mol. The van der Waals surface area contributed by atoms with Crippen LogP contribution in [0.2, 0.25) is 0 Å². The maximum absolute atomic E-state index is 12.5. The first kappa shape index (κ1) is 14.7. The van der Waals surface area contributed by atoms with Gasteiger partial charge in [0.05, 0.1) is 11.3 Å². The molecule has 1 aromatic rings. The topological polar surface area (TPSA) is 64.2 Å². The van der Waals surface area contributed by atoms with Gasteiger partial charge in [0.15, 0.2) is 0 Å². The summed E-state index contributed by atoms with van der Waals surface area (Å²) in [6.45, 7) is 6.00. The fourth-order valence-electron chi connectivity index (χ4n) is 1.96. The molecule has 0 aliphatic heterocycles. The smallest absolute Gasteiger partial charge is 0.257 e. The number of rotatable bonds is 7. The maximum Gasteiger partial charge on any atom is 0.257 e. The molecule has 0 aliphatic carbocycles. The van der Waals surface area contributed by atoms with Crippen molar-refractivity contribution in [3.63, 3.8) is 0 Å². The molecule has 5 nitrogen and oxygen atoms in total. The predicted octanol–water partition coefficient (Wildman–Crippen LogP) is 1.18. The molecule has 18 heavy (non-hydrogen) atoms. The Labute approximate surface area is 109 Å². The van der Waals surface area contributed by atoms with Crippen molar-refractivity contribution < 1.29 is 4.79 Å². The Bertz CT molecular complexity index is 386. The summed E-state index contributed by atoms with van der Waals surface area (Å²) in [6, 6.07) is 0. The molecule has 1 amide bonds. The zero-order valence-corrected chi connectivity index (χ0v) is 11.6. The van der Waals surface area contributed by atoms with Crippen LogP contribution in [0, 0.1) is 0 Å². The van der Waals surface area contributed by atoms with Crippen molar-refractivity contribution in [2.24, 2.45) is 12.8 Å². The minimum absolute atomic E-state index is 0.0545. The Morgan fingerprint density at radius 2 is 2.17 bits per heavy atom. The Hall–Kier alpha value is -1.36. The number of hydrogen-bond donors (Lipinski definition) is 1. The van der Waals surface area contributed by atoms with E-state index in [0.29, 0.717) is 18.7 Å². The van der Waals surface area contributed by atoms with Gasteiger partial charge in [-0.1, -0.05) is 20.3 Å². The van der Waals surface area contributed by atoms with Gasteiger partial charge in [0.2, 0.25) is 0 Å². The van der Waals surface area contributed by atoms with Crippen LogP contribution < -0.4 is 5.73 Å². The van der Waals surface area contributed by atoms with Gasteiger partial charge in [-0.2, -0.15) is 5.10 Å². The molecule has 0 unspecified atom stereocenters. The lowest BCUT2D eigenvalue weighted by molar-refractivity contribution is 0.0757. The van der Waals surface area contributed by atoms with Crippen molar-refractivity contribution in [1.82, 2.24) is 14.7 Å². The van der Waals surface area contributed by atoms with E-state index in [0.717, 1.165) is 31.5 Å². The molecule has 0 spiro atoms. The van der Waals surface area contributed by atoms with Crippen LogP contribution in [-0.2, 0) is 13.5 Å². The largest absolute Gasteiger partial charge is 0.337 e. The molecule has 2 N–H and O–H groups in total. The Morgan fingerprint density at radius 1 is 1.44 bits per heavy atom. The van der Waals surface area contributed by atoms with E-state index in [9.17, 15) is 4.79 Å².